The average Bonchev–Trinajstić information content (AvgIpc) is 3.08. The van der Waals surface area contributed by atoms with Crippen LogP contribution in [-0.2, 0) is 13.1 Å². The zero-order valence-corrected chi connectivity index (χ0v) is 14.9. The summed E-state index contributed by atoms with van der Waals surface area (Å²) in [5.74, 6) is 0.222. The second-order valence-electron chi connectivity index (χ2n) is 6.47. The van der Waals surface area contributed by atoms with Gasteiger partial charge < -0.3 is 15.0 Å². The molecule has 2 aromatic heterocycles. The summed E-state index contributed by atoms with van der Waals surface area (Å²) in [7, 11) is 0. The molecule has 1 unspecified atom stereocenters. The van der Waals surface area contributed by atoms with Crippen molar-refractivity contribution >= 4 is 0 Å². The lowest BCUT2D eigenvalue weighted by atomic mass is 9.99. The van der Waals surface area contributed by atoms with E-state index in [0.29, 0.717) is 12.2 Å². The van der Waals surface area contributed by atoms with Crippen LogP contribution in [0.5, 0.6) is 5.75 Å². The fourth-order valence-corrected chi connectivity index (χ4v) is 3.05. The van der Waals surface area contributed by atoms with Gasteiger partial charge in [-0.1, -0.05) is 23.8 Å². The molecule has 2 N–H and O–H groups in total. The second-order valence-corrected chi connectivity index (χ2v) is 6.47. The number of pyridine rings is 1. The summed E-state index contributed by atoms with van der Waals surface area (Å²) in [5, 5.41) is 13.6. The quantitative estimate of drug-likeness (QED) is 0.724. The Morgan fingerprint density at radius 3 is 2.72 bits per heavy atom. The van der Waals surface area contributed by atoms with Gasteiger partial charge in [0, 0.05) is 31.2 Å². The molecule has 25 heavy (non-hydrogen) atoms. The highest BCUT2D eigenvalue weighted by Gasteiger charge is 2.15. The van der Waals surface area contributed by atoms with Gasteiger partial charge in [-0.2, -0.15) is 0 Å². The van der Waals surface area contributed by atoms with E-state index >= 15 is 0 Å². The standard InChI is InChI=1S/C20H24N4O/c1-14-4-6-17(15(2)10-14)19(12-24-9-8-21-13-24)22-11-18-20(25)7-5-16(3)23-18/h4-10,13,19,22,25H,11-12H2,1-3H3. The minimum Gasteiger partial charge on any atom is -0.506 e. The number of rotatable bonds is 6. The van der Waals surface area contributed by atoms with Crippen molar-refractivity contribution in [2.75, 3.05) is 0 Å². The molecule has 0 bridgehead atoms. The molecule has 0 spiro atoms. The van der Waals surface area contributed by atoms with Gasteiger partial charge in [0.25, 0.3) is 0 Å². The molecule has 130 valence electrons. The summed E-state index contributed by atoms with van der Waals surface area (Å²) in [4.78, 5) is 8.57. The highest BCUT2D eigenvalue weighted by Crippen LogP contribution is 2.22. The molecule has 3 rings (SSSR count). The topological polar surface area (TPSA) is 63.0 Å². The Kier molecular flexibility index (Phi) is 5.14. The molecular weight excluding hydrogens is 312 g/mol. The summed E-state index contributed by atoms with van der Waals surface area (Å²) < 4.78 is 2.06. The molecule has 0 saturated heterocycles. The first-order valence-corrected chi connectivity index (χ1v) is 8.44. The maximum atomic E-state index is 10.0. The van der Waals surface area contributed by atoms with Crippen molar-refractivity contribution in [3.05, 3.63) is 77.1 Å². The van der Waals surface area contributed by atoms with E-state index in [4.69, 9.17) is 0 Å². The summed E-state index contributed by atoms with van der Waals surface area (Å²) in [6.45, 7) is 7.42. The molecule has 0 aliphatic carbocycles. The lowest BCUT2D eigenvalue weighted by Gasteiger charge is -2.22. The van der Waals surface area contributed by atoms with Crippen molar-refractivity contribution in [1.29, 1.82) is 0 Å². The van der Waals surface area contributed by atoms with Crippen LogP contribution in [0, 0.1) is 20.8 Å². The van der Waals surface area contributed by atoms with Crippen LogP contribution in [0.2, 0.25) is 0 Å². The third kappa shape index (κ3) is 4.25. The largest absolute Gasteiger partial charge is 0.506 e. The van der Waals surface area contributed by atoms with Gasteiger partial charge in [0.05, 0.1) is 18.1 Å². The van der Waals surface area contributed by atoms with Crippen molar-refractivity contribution < 1.29 is 5.11 Å². The summed E-state index contributed by atoms with van der Waals surface area (Å²) in [6.07, 6.45) is 5.56. The molecule has 1 atom stereocenters. The molecule has 0 amide bonds. The lowest BCUT2D eigenvalue weighted by Crippen LogP contribution is -2.26. The minimum absolute atomic E-state index is 0.0940. The van der Waals surface area contributed by atoms with E-state index in [9.17, 15) is 5.11 Å². The first-order chi connectivity index (χ1) is 12.0. The summed E-state index contributed by atoms with van der Waals surface area (Å²) >= 11 is 0. The van der Waals surface area contributed by atoms with E-state index in [2.05, 4.69) is 51.9 Å². The smallest absolute Gasteiger partial charge is 0.138 e. The zero-order valence-electron chi connectivity index (χ0n) is 14.9. The fraction of sp³-hybridized carbons (Fsp3) is 0.300. The van der Waals surface area contributed by atoms with Crippen LogP contribution in [0.15, 0.2) is 49.1 Å². The molecule has 0 radical (unpaired) electrons. The fourth-order valence-electron chi connectivity index (χ4n) is 3.05. The predicted molar refractivity (Wildman–Crippen MR) is 98.4 cm³/mol. The molecule has 0 aliphatic rings. The highest BCUT2D eigenvalue weighted by atomic mass is 16.3. The summed E-state index contributed by atoms with van der Waals surface area (Å²) in [6, 6.07) is 10.1. The van der Waals surface area contributed by atoms with Gasteiger partial charge in [0.1, 0.15) is 5.75 Å². The molecule has 2 heterocycles. The van der Waals surface area contributed by atoms with E-state index in [-0.39, 0.29) is 11.8 Å². The lowest BCUT2D eigenvalue weighted by molar-refractivity contribution is 0.432. The van der Waals surface area contributed by atoms with Crippen LogP contribution in [-0.4, -0.2) is 19.6 Å². The number of aryl methyl sites for hydroxylation is 3. The van der Waals surface area contributed by atoms with Gasteiger partial charge in [0.15, 0.2) is 0 Å². The van der Waals surface area contributed by atoms with E-state index in [1.807, 2.05) is 25.5 Å². The minimum atomic E-state index is 0.0940. The number of nitrogens with zero attached hydrogens (tertiary/aromatic N) is 3. The number of benzene rings is 1. The highest BCUT2D eigenvalue weighted by molar-refractivity contribution is 5.33. The Hall–Kier alpha value is -2.66. The SMILES string of the molecule is Cc1ccc(C(Cn2ccnc2)NCc2nc(C)ccc2O)c(C)c1. The van der Waals surface area contributed by atoms with Gasteiger partial charge >= 0.3 is 0 Å². The molecular formula is C20H24N4O. The van der Waals surface area contributed by atoms with Crippen molar-refractivity contribution in [2.24, 2.45) is 0 Å². The zero-order chi connectivity index (χ0) is 17.8. The number of aromatic nitrogens is 3. The molecule has 1 aromatic carbocycles. The molecule has 0 saturated carbocycles. The van der Waals surface area contributed by atoms with Crippen LogP contribution in [0.25, 0.3) is 0 Å². The monoisotopic (exact) mass is 336 g/mol. The number of hydrogen-bond acceptors (Lipinski definition) is 4. The molecule has 5 nitrogen and oxygen atoms in total. The summed E-state index contributed by atoms with van der Waals surface area (Å²) in [5.41, 5.74) is 5.30. The van der Waals surface area contributed by atoms with E-state index in [1.165, 1.54) is 16.7 Å². The van der Waals surface area contributed by atoms with Crippen LogP contribution < -0.4 is 5.32 Å². The first-order valence-electron chi connectivity index (χ1n) is 8.44. The molecule has 0 fully saturated rings. The van der Waals surface area contributed by atoms with E-state index in [0.717, 1.165) is 12.2 Å². The van der Waals surface area contributed by atoms with Gasteiger partial charge in [-0.3, -0.25) is 4.98 Å². The molecule has 3 aromatic rings. The van der Waals surface area contributed by atoms with Crippen LogP contribution in [0.1, 0.15) is 34.1 Å². The number of hydrogen-bond donors (Lipinski definition) is 2. The van der Waals surface area contributed by atoms with Crippen LogP contribution in [0.3, 0.4) is 0 Å². The Morgan fingerprint density at radius 1 is 1.16 bits per heavy atom. The first kappa shape index (κ1) is 17.2. The van der Waals surface area contributed by atoms with E-state index in [1.54, 1.807) is 12.3 Å². The second kappa shape index (κ2) is 7.49. The van der Waals surface area contributed by atoms with Crippen molar-refractivity contribution in [1.82, 2.24) is 19.9 Å². The molecule has 0 aliphatic heterocycles. The third-order valence-electron chi connectivity index (χ3n) is 4.36. The average molecular weight is 336 g/mol. The number of imidazole rings is 1. The van der Waals surface area contributed by atoms with Crippen molar-refractivity contribution in [3.63, 3.8) is 0 Å². The number of aromatic hydroxyl groups is 1. The predicted octanol–water partition coefficient (Wildman–Crippen LogP) is 3.44. The van der Waals surface area contributed by atoms with Gasteiger partial charge in [-0.25, -0.2) is 4.98 Å². The van der Waals surface area contributed by atoms with Gasteiger partial charge in [0.2, 0.25) is 0 Å². The normalized spacial score (nSPS) is 12.3. The third-order valence-corrected chi connectivity index (χ3v) is 4.36. The maximum Gasteiger partial charge on any atom is 0.138 e. The Bertz CT molecular complexity index is 843. The Labute approximate surface area is 148 Å². The van der Waals surface area contributed by atoms with Crippen molar-refractivity contribution in [3.8, 4) is 5.75 Å². The van der Waals surface area contributed by atoms with Gasteiger partial charge in [-0.15, -0.1) is 0 Å². The Morgan fingerprint density at radius 2 is 2.00 bits per heavy atom. The maximum absolute atomic E-state index is 10.0. The number of nitrogens with one attached hydrogen (secondary N) is 1. The Balaban J connectivity index is 1.84. The van der Waals surface area contributed by atoms with Gasteiger partial charge in [-0.05, 0) is 44.0 Å². The van der Waals surface area contributed by atoms with Crippen molar-refractivity contribution in [2.45, 2.75) is 39.9 Å². The van der Waals surface area contributed by atoms with E-state index < -0.39 is 0 Å². The molecule has 5 heteroatoms. The van der Waals surface area contributed by atoms with Crippen LogP contribution >= 0.6 is 0 Å². The van der Waals surface area contributed by atoms with Crippen LogP contribution in [0.4, 0.5) is 0 Å².